The van der Waals surface area contributed by atoms with E-state index in [9.17, 15) is 4.79 Å². The third-order valence-electron chi connectivity index (χ3n) is 3.59. The normalized spacial score (nSPS) is 20.8. The highest BCUT2D eigenvalue weighted by atomic mass is 32.2. The first-order valence-electron chi connectivity index (χ1n) is 6.79. The van der Waals surface area contributed by atoms with Crippen LogP contribution in [0.4, 0.5) is 0 Å². The lowest BCUT2D eigenvalue weighted by Gasteiger charge is -2.23. The monoisotopic (exact) mass is 278 g/mol. The molecule has 1 amide bonds. The molecule has 1 aliphatic rings. The Morgan fingerprint density at radius 3 is 2.84 bits per heavy atom. The molecule has 0 radical (unpaired) electrons. The van der Waals surface area contributed by atoms with Crippen LogP contribution in [0.15, 0.2) is 30.3 Å². The average Bonchev–Trinajstić information content (AvgIpc) is 2.79. The Morgan fingerprint density at radius 1 is 1.42 bits per heavy atom. The van der Waals surface area contributed by atoms with Gasteiger partial charge in [0.2, 0.25) is 5.91 Å². The predicted molar refractivity (Wildman–Crippen MR) is 81.2 cm³/mol. The first-order valence-corrected chi connectivity index (χ1v) is 8.18. The van der Waals surface area contributed by atoms with Crippen molar-refractivity contribution in [3.63, 3.8) is 0 Å². The summed E-state index contributed by atoms with van der Waals surface area (Å²) in [5.41, 5.74) is 1.30. The summed E-state index contributed by atoms with van der Waals surface area (Å²) in [5, 5.41) is 3.33. The molecule has 0 aliphatic carbocycles. The van der Waals surface area contributed by atoms with Gasteiger partial charge in [0, 0.05) is 11.8 Å². The molecule has 3 nitrogen and oxygen atoms in total. The lowest BCUT2D eigenvalue weighted by atomic mass is 10.1. The number of hydrogen-bond donors (Lipinski definition) is 1. The fourth-order valence-electron chi connectivity index (χ4n) is 2.46. The van der Waals surface area contributed by atoms with Crippen molar-refractivity contribution in [1.82, 2.24) is 10.2 Å². The number of thioether (sulfide) groups is 1. The first kappa shape index (κ1) is 14.4. The van der Waals surface area contributed by atoms with E-state index in [1.807, 2.05) is 23.1 Å². The SMILES string of the molecule is CSCC(C)N1CNC(CCc2ccccc2)C1=O. The van der Waals surface area contributed by atoms with E-state index < -0.39 is 0 Å². The van der Waals surface area contributed by atoms with Crippen LogP contribution in [0.25, 0.3) is 0 Å². The van der Waals surface area contributed by atoms with Gasteiger partial charge in [0.15, 0.2) is 0 Å². The van der Waals surface area contributed by atoms with E-state index in [2.05, 4.69) is 30.6 Å². The van der Waals surface area contributed by atoms with Crippen molar-refractivity contribution in [2.45, 2.75) is 31.8 Å². The van der Waals surface area contributed by atoms with Crippen LogP contribution in [-0.4, -0.2) is 41.6 Å². The second-order valence-electron chi connectivity index (χ2n) is 5.05. The molecule has 0 spiro atoms. The van der Waals surface area contributed by atoms with Crippen molar-refractivity contribution < 1.29 is 4.79 Å². The van der Waals surface area contributed by atoms with Crippen molar-refractivity contribution in [2.24, 2.45) is 0 Å². The summed E-state index contributed by atoms with van der Waals surface area (Å²) in [5.74, 6) is 1.26. The Labute approximate surface area is 119 Å². The number of nitrogens with one attached hydrogen (secondary N) is 1. The number of amides is 1. The summed E-state index contributed by atoms with van der Waals surface area (Å²) < 4.78 is 0. The van der Waals surface area contributed by atoms with Gasteiger partial charge >= 0.3 is 0 Å². The number of benzene rings is 1. The highest BCUT2D eigenvalue weighted by Crippen LogP contribution is 2.15. The fourth-order valence-corrected chi connectivity index (χ4v) is 3.12. The minimum atomic E-state index is -0.00971. The second-order valence-corrected chi connectivity index (χ2v) is 5.96. The summed E-state index contributed by atoms with van der Waals surface area (Å²) in [7, 11) is 0. The lowest BCUT2D eigenvalue weighted by Crippen LogP contribution is -2.38. The molecule has 0 aromatic heterocycles. The van der Waals surface area contributed by atoms with Gasteiger partial charge in [-0.05, 0) is 31.6 Å². The largest absolute Gasteiger partial charge is 0.325 e. The molecule has 2 rings (SSSR count). The van der Waals surface area contributed by atoms with Crippen LogP contribution >= 0.6 is 11.8 Å². The predicted octanol–water partition coefficient (Wildman–Crippen LogP) is 2.13. The Balaban J connectivity index is 1.85. The van der Waals surface area contributed by atoms with Gasteiger partial charge in [-0.3, -0.25) is 10.1 Å². The summed E-state index contributed by atoms with van der Waals surface area (Å²) in [6.45, 7) is 2.82. The maximum absolute atomic E-state index is 12.3. The molecule has 1 aliphatic heterocycles. The molecule has 19 heavy (non-hydrogen) atoms. The number of carbonyl (C=O) groups is 1. The molecule has 2 unspecified atom stereocenters. The second kappa shape index (κ2) is 6.96. The third kappa shape index (κ3) is 3.74. The van der Waals surface area contributed by atoms with E-state index in [0.717, 1.165) is 18.6 Å². The molecule has 1 fully saturated rings. The number of carbonyl (C=O) groups excluding carboxylic acids is 1. The zero-order valence-electron chi connectivity index (χ0n) is 11.6. The maximum atomic E-state index is 12.3. The Hall–Kier alpha value is -1.00. The highest BCUT2D eigenvalue weighted by Gasteiger charge is 2.33. The Bertz CT molecular complexity index is 410. The van der Waals surface area contributed by atoms with Gasteiger partial charge < -0.3 is 4.90 Å². The molecule has 1 N–H and O–H groups in total. The number of hydrogen-bond acceptors (Lipinski definition) is 3. The molecule has 1 heterocycles. The van der Waals surface area contributed by atoms with Gasteiger partial charge in [-0.25, -0.2) is 0 Å². The van der Waals surface area contributed by atoms with E-state index in [1.165, 1.54) is 5.56 Å². The van der Waals surface area contributed by atoms with Crippen LogP contribution in [0.2, 0.25) is 0 Å². The summed E-state index contributed by atoms with van der Waals surface area (Å²) in [6, 6.07) is 10.7. The van der Waals surface area contributed by atoms with Crippen LogP contribution < -0.4 is 5.32 Å². The van der Waals surface area contributed by atoms with Crippen LogP contribution in [0.1, 0.15) is 18.9 Å². The van der Waals surface area contributed by atoms with E-state index >= 15 is 0 Å². The minimum Gasteiger partial charge on any atom is -0.325 e. The van der Waals surface area contributed by atoms with Gasteiger partial charge in [0.05, 0.1) is 12.7 Å². The van der Waals surface area contributed by atoms with E-state index in [0.29, 0.717) is 12.7 Å². The smallest absolute Gasteiger partial charge is 0.241 e. The van der Waals surface area contributed by atoms with E-state index in [1.54, 1.807) is 11.8 Å². The topological polar surface area (TPSA) is 32.3 Å². The van der Waals surface area contributed by atoms with E-state index in [-0.39, 0.29) is 11.9 Å². The van der Waals surface area contributed by atoms with Crippen LogP contribution in [0, 0.1) is 0 Å². The number of rotatable bonds is 6. The van der Waals surface area contributed by atoms with Gasteiger partial charge in [0.25, 0.3) is 0 Å². The fraction of sp³-hybridized carbons (Fsp3) is 0.533. The van der Waals surface area contributed by atoms with Crippen molar-refractivity contribution in [1.29, 1.82) is 0 Å². The molecular formula is C15H22N2OS. The molecule has 1 saturated heterocycles. The molecule has 1 aromatic rings. The summed E-state index contributed by atoms with van der Waals surface area (Å²) >= 11 is 1.79. The third-order valence-corrected chi connectivity index (χ3v) is 4.41. The minimum absolute atomic E-state index is 0.00971. The molecule has 0 bridgehead atoms. The number of aryl methyl sites for hydroxylation is 1. The highest BCUT2D eigenvalue weighted by molar-refractivity contribution is 7.98. The van der Waals surface area contributed by atoms with Gasteiger partial charge in [-0.15, -0.1) is 0 Å². The first-order chi connectivity index (χ1) is 9.22. The number of nitrogens with zero attached hydrogens (tertiary/aromatic N) is 1. The standard InChI is InChI=1S/C15H22N2OS/c1-12(10-19-2)17-11-16-14(15(17)18)9-8-13-6-4-3-5-7-13/h3-7,12,14,16H,8-11H2,1-2H3. The Kier molecular flexibility index (Phi) is 5.28. The van der Waals surface area contributed by atoms with Gasteiger partial charge in [-0.2, -0.15) is 11.8 Å². The van der Waals surface area contributed by atoms with Crippen LogP contribution in [-0.2, 0) is 11.2 Å². The molecule has 0 saturated carbocycles. The van der Waals surface area contributed by atoms with Gasteiger partial charge in [0.1, 0.15) is 0 Å². The van der Waals surface area contributed by atoms with E-state index in [4.69, 9.17) is 0 Å². The quantitative estimate of drug-likeness (QED) is 0.865. The lowest BCUT2D eigenvalue weighted by molar-refractivity contribution is -0.130. The van der Waals surface area contributed by atoms with Gasteiger partial charge in [-0.1, -0.05) is 30.3 Å². The molecular weight excluding hydrogens is 256 g/mol. The van der Waals surface area contributed by atoms with Crippen molar-refractivity contribution in [2.75, 3.05) is 18.7 Å². The molecule has 2 atom stereocenters. The van der Waals surface area contributed by atoms with Crippen molar-refractivity contribution >= 4 is 17.7 Å². The van der Waals surface area contributed by atoms with Crippen molar-refractivity contribution in [3.8, 4) is 0 Å². The molecule has 1 aromatic carbocycles. The summed E-state index contributed by atoms with van der Waals surface area (Å²) in [4.78, 5) is 14.3. The Morgan fingerprint density at radius 2 is 2.16 bits per heavy atom. The molecule has 104 valence electrons. The zero-order chi connectivity index (χ0) is 13.7. The van der Waals surface area contributed by atoms with Crippen LogP contribution in [0.3, 0.4) is 0 Å². The summed E-state index contributed by atoms with van der Waals surface area (Å²) in [6.07, 6.45) is 3.91. The van der Waals surface area contributed by atoms with Crippen LogP contribution in [0.5, 0.6) is 0 Å². The average molecular weight is 278 g/mol. The van der Waals surface area contributed by atoms with Crippen molar-refractivity contribution in [3.05, 3.63) is 35.9 Å². The zero-order valence-corrected chi connectivity index (χ0v) is 12.5. The molecule has 4 heteroatoms. The maximum Gasteiger partial charge on any atom is 0.241 e.